The molecule has 0 amide bonds. The first-order valence-corrected chi connectivity index (χ1v) is 6.77. The number of hydrogen-bond donors (Lipinski definition) is 1. The van der Waals surface area contributed by atoms with Crippen LogP contribution in [0.4, 0.5) is 0 Å². The van der Waals surface area contributed by atoms with E-state index in [4.69, 9.17) is 9.84 Å². The zero-order chi connectivity index (χ0) is 12.8. The van der Waals surface area contributed by atoms with Crippen molar-refractivity contribution in [2.45, 2.75) is 32.0 Å². The summed E-state index contributed by atoms with van der Waals surface area (Å²) in [6.07, 6.45) is 3.70. The average molecular weight is 249 g/mol. The van der Waals surface area contributed by atoms with Crippen LogP contribution in [0, 0.1) is 0 Å². The predicted molar refractivity (Wildman–Crippen MR) is 72.5 cm³/mol. The number of likely N-dealkylation sites (tertiary alicyclic amines) is 1. The Hall–Kier alpha value is -0.900. The second-order valence-corrected chi connectivity index (χ2v) is 5.10. The molecule has 1 aliphatic rings. The third-order valence-electron chi connectivity index (χ3n) is 3.62. The van der Waals surface area contributed by atoms with Gasteiger partial charge in [-0.2, -0.15) is 0 Å². The molecule has 0 saturated carbocycles. The molecule has 0 aliphatic carbocycles. The second-order valence-electron chi connectivity index (χ2n) is 5.10. The monoisotopic (exact) mass is 249 g/mol. The summed E-state index contributed by atoms with van der Waals surface area (Å²) in [6, 6.07) is 8.10. The third kappa shape index (κ3) is 4.09. The molecule has 3 nitrogen and oxygen atoms in total. The Morgan fingerprint density at radius 2 is 1.78 bits per heavy atom. The molecule has 0 atom stereocenters. The van der Waals surface area contributed by atoms with Crippen molar-refractivity contribution in [3.8, 4) is 0 Å². The highest BCUT2D eigenvalue weighted by Gasteiger charge is 2.16. The minimum absolute atomic E-state index is 0.117. The van der Waals surface area contributed by atoms with Crippen molar-refractivity contribution in [2.24, 2.45) is 0 Å². The maximum absolute atomic E-state index is 8.97. The largest absolute Gasteiger partial charge is 0.392 e. The van der Waals surface area contributed by atoms with Gasteiger partial charge in [-0.3, -0.25) is 0 Å². The molecule has 0 bridgehead atoms. The van der Waals surface area contributed by atoms with Gasteiger partial charge in [0.2, 0.25) is 0 Å². The second kappa shape index (κ2) is 6.88. The molecule has 2 rings (SSSR count). The molecule has 1 saturated heterocycles. The Morgan fingerprint density at radius 3 is 2.39 bits per heavy atom. The fourth-order valence-corrected chi connectivity index (χ4v) is 2.31. The van der Waals surface area contributed by atoms with Gasteiger partial charge in [-0.05, 0) is 37.4 Å². The molecular weight excluding hydrogens is 226 g/mol. The van der Waals surface area contributed by atoms with Crippen LogP contribution in [0.25, 0.3) is 0 Å². The zero-order valence-corrected chi connectivity index (χ0v) is 11.1. The Balaban J connectivity index is 1.68. The number of ether oxygens (including phenoxy) is 1. The summed E-state index contributed by atoms with van der Waals surface area (Å²) < 4.78 is 5.92. The van der Waals surface area contributed by atoms with E-state index in [1.54, 1.807) is 0 Å². The summed E-state index contributed by atoms with van der Waals surface area (Å²) in [5.74, 6) is 0. The molecule has 1 N–H and O–H groups in total. The molecule has 1 aliphatic heterocycles. The molecule has 100 valence electrons. The first-order valence-electron chi connectivity index (χ1n) is 6.77. The summed E-state index contributed by atoms with van der Waals surface area (Å²) in [5.41, 5.74) is 2.25. The van der Waals surface area contributed by atoms with Crippen LogP contribution in [0.5, 0.6) is 0 Å². The van der Waals surface area contributed by atoms with E-state index in [0.717, 1.165) is 44.5 Å². The van der Waals surface area contributed by atoms with Crippen LogP contribution >= 0.6 is 0 Å². The Bertz CT molecular complexity index is 342. The molecule has 0 aromatic heterocycles. The first-order chi connectivity index (χ1) is 8.78. The van der Waals surface area contributed by atoms with Crippen molar-refractivity contribution in [2.75, 3.05) is 26.7 Å². The zero-order valence-electron chi connectivity index (χ0n) is 11.1. The predicted octanol–water partition coefficient (Wildman–Crippen LogP) is 1.83. The van der Waals surface area contributed by atoms with Crippen LogP contribution < -0.4 is 0 Å². The van der Waals surface area contributed by atoms with E-state index in [2.05, 4.69) is 24.1 Å². The molecule has 1 fully saturated rings. The normalized spacial score (nSPS) is 18.1. The van der Waals surface area contributed by atoms with Crippen LogP contribution in [0.2, 0.25) is 0 Å². The third-order valence-corrected chi connectivity index (χ3v) is 3.62. The molecule has 18 heavy (non-hydrogen) atoms. The SMILES string of the molecule is CN1CCC(OCCc2ccc(CO)cc2)CC1. The highest BCUT2D eigenvalue weighted by Crippen LogP contribution is 2.13. The maximum atomic E-state index is 8.97. The number of nitrogens with zero attached hydrogens (tertiary/aromatic N) is 1. The summed E-state index contributed by atoms with van der Waals surface area (Å²) >= 11 is 0. The van der Waals surface area contributed by atoms with E-state index < -0.39 is 0 Å². The van der Waals surface area contributed by atoms with Crippen molar-refractivity contribution in [1.29, 1.82) is 0 Å². The van der Waals surface area contributed by atoms with Gasteiger partial charge in [-0.25, -0.2) is 0 Å². The van der Waals surface area contributed by atoms with Gasteiger partial charge in [0, 0.05) is 13.1 Å². The summed E-state index contributed by atoms with van der Waals surface area (Å²) in [7, 11) is 2.17. The first kappa shape index (κ1) is 13.5. The van der Waals surface area contributed by atoms with Gasteiger partial charge in [-0.15, -0.1) is 0 Å². The van der Waals surface area contributed by atoms with E-state index in [1.807, 2.05) is 12.1 Å². The van der Waals surface area contributed by atoms with E-state index >= 15 is 0 Å². The minimum Gasteiger partial charge on any atom is -0.392 e. The fourth-order valence-electron chi connectivity index (χ4n) is 2.31. The lowest BCUT2D eigenvalue weighted by molar-refractivity contribution is 0.0141. The van der Waals surface area contributed by atoms with Gasteiger partial charge < -0.3 is 14.7 Å². The van der Waals surface area contributed by atoms with Gasteiger partial charge in [0.05, 0.1) is 19.3 Å². The highest BCUT2D eigenvalue weighted by molar-refractivity contribution is 5.21. The Morgan fingerprint density at radius 1 is 1.17 bits per heavy atom. The number of benzene rings is 1. The standard InChI is InChI=1S/C15H23NO2/c1-16-9-6-15(7-10-16)18-11-8-13-2-4-14(12-17)5-3-13/h2-5,15,17H,6-12H2,1H3. The van der Waals surface area contributed by atoms with Gasteiger partial charge in [0.25, 0.3) is 0 Å². The number of hydrogen-bond acceptors (Lipinski definition) is 3. The van der Waals surface area contributed by atoms with Crippen molar-refractivity contribution >= 4 is 0 Å². The lowest BCUT2D eigenvalue weighted by atomic mass is 10.1. The number of rotatable bonds is 5. The molecule has 0 spiro atoms. The maximum Gasteiger partial charge on any atom is 0.0681 e. The van der Waals surface area contributed by atoms with Crippen LogP contribution in [0.3, 0.4) is 0 Å². The fraction of sp³-hybridized carbons (Fsp3) is 0.600. The van der Waals surface area contributed by atoms with Crippen LogP contribution in [0.15, 0.2) is 24.3 Å². The van der Waals surface area contributed by atoms with Crippen molar-refractivity contribution in [1.82, 2.24) is 4.90 Å². The van der Waals surface area contributed by atoms with Crippen molar-refractivity contribution in [3.05, 3.63) is 35.4 Å². The smallest absolute Gasteiger partial charge is 0.0681 e. The molecule has 0 unspecified atom stereocenters. The van der Waals surface area contributed by atoms with E-state index in [1.165, 1.54) is 5.56 Å². The number of aliphatic hydroxyl groups is 1. The van der Waals surface area contributed by atoms with Gasteiger partial charge in [0.1, 0.15) is 0 Å². The molecule has 1 aromatic carbocycles. The minimum atomic E-state index is 0.117. The van der Waals surface area contributed by atoms with E-state index in [-0.39, 0.29) is 6.61 Å². The topological polar surface area (TPSA) is 32.7 Å². The van der Waals surface area contributed by atoms with Crippen LogP contribution in [-0.2, 0) is 17.8 Å². The van der Waals surface area contributed by atoms with Crippen molar-refractivity contribution < 1.29 is 9.84 Å². The Kier molecular flexibility index (Phi) is 5.17. The lowest BCUT2D eigenvalue weighted by Gasteiger charge is -2.28. The molecule has 0 radical (unpaired) electrons. The Labute approximate surface area is 109 Å². The van der Waals surface area contributed by atoms with Gasteiger partial charge in [0.15, 0.2) is 0 Å². The summed E-state index contributed by atoms with van der Waals surface area (Å²) in [5, 5.41) is 8.97. The van der Waals surface area contributed by atoms with Gasteiger partial charge in [-0.1, -0.05) is 24.3 Å². The molecule has 1 aromatic rings. The summed E-state index contributed by atoms with van der Waals surface area (Å²) in [6.45, 7) is 3.21. The quantitative estimate of drug-likeness (QED) is 0.864. The summed E-state index contributed by atoms with van der Waals surface area (Å²) in [4.78, 5) is 2.35. The van der Waals surface area contributed by atoms with Gasteiger partial charge >= 0.3 is 0 Å². The lowest BCUT2D eigenvalue weighted by Crippen LogP contribution is -2.34. The van der Waals surface area contributed by atoms with E-state index in [0.29, 0.717) is 6.10 Å². The highest BCUT2D eigenvalue weighted by atomic mass is 16.5. The van der Waals surface area contributed by atoms with Crippen LogP contribution in [-0.4, -0.2) is 42.9 Å². The molecule has 3 heteroatoms. The average Bonchev–Trinajstić information content (AvgIpc) is 2.42. The van der Waals surface area contributed by atoms with Crippen LogP contribution in [0.1, 0.15) is 24.0 Å². The van der Waals surface area contributed by atoms with E-state index in [9.17, 15) is 0 Å². The molecule has 1 heterocycles. The molecular formula is C15H23NO2. The van der Waals surface area contributed by atoms with Crippen molar-refractivity contribution in [3.63, 3.8) is 0 Å². The number of aliphatic hydroxyl groups excluding tert-OH is 1. The number of piperidine rings is 1.